The zero-order valence-electron chi connectivity index (χ0n) is 18.5. The lowest BCUT2D eigenvalue weighted by Crippen LogP contribution is -2.22. The van der Waals surface area contributed by atoms with Crippen LogP contribution < -0.4 is 11.3 Å². The molecule has 7 heteroatoms. The summed E-state index contributed by atoms with van der Waals surface area (Å²) in [7, 11) is 1.70. The third-order valence-electron chi connectivity index (χ3n) is 5.60. The van der Waals surface area contributed by atoms with Crippen molar-refractivity contribution >= 4 is 11.3 Å². The molecule has 0 saturated heterocycles. The van der Waals surface area contributed by atoms with E-state index in [2.05, 4.69) is 11.1 Å². The second kappa shape index (κ2) is 9.12. The van der Waals surface area contributed by atoms with Crippen LogP contribution in [0.5, 0.6) is 0 Å². The summed E-state index contributed by atoms with van der Waals surface area (Å²) in [6, 6.07) is 20.9. The summed E-state index contributed by atoms with van der Waals surface area (Å²) in [6.07, 6.45) is 0. The molecule has 1 aromatic heterocycles. The number of hydrogen-bond donors (Lipinski definition) is 1. The van der Waals surface area contributed by atoms with Crippen LogP contribution in [0, 0.1) is 29.9 Å². The molecule has 34 heavy (non-hydrogen) atoms. The quantitative estimate of drug-likeness (QED) is 0.450. The maximum Gasteiger partial charge on any atom is 0.276 e. The van der Waals surface area contributed by atoms with Gasteiger partial charge in [0.15, 0.2) is 0 Å². The molecule has 168 valence electrons. The Balaban J connectivity index is 2.07. The number of nitrogens with zero attached hydrogens (tertiary/aromatic N) is 3. The van der Waals surface area contributed by atoms with Gasteiger partial charge in [-0.2, -0.15) is 10.2 Å². The average Bonchev–Trinajstić information content (AvgIpc) is 2.84. The van der Waals surface area contributed by atoms with Crippen molar-refractivity contribution in [2.45, 2.75) is 6.92 Å². The number of halogens is 2. The van der Waals surface area contributed by atoms with E-state index >= 15 is 4.39 Å². The molecule has 5 nitrogen and oxygen atoms in total. The fourth-order valence-corrected chi connectivity index (χ4v) is 3.89. The van der Waals surface area contributed by atoms with Crippen LogP contribution in [-0.4, -0.2) is 9.55 Å². The van der Waals surface area contributed by atoms with Crippen molar-refractivity contribution in [1.29, 1.82) is 5.26 Å². The first-order valence-electron chi connectivity index (χ1n) is 10.4. The van der Waals surface area contributed by atoms with Gasteiger partial charge in [-0.15, -0.1) is 0 Å². The summed E-state index contributed by atoms with van der Waals surface area (Å²) >= 11 is 0. The van der Waals surface area contributed by atoms with Crippen molar-refractivity contribution in [1.82, 2.24) is 9.55 Å². The molecule has 0 fully saturated rings. The minimum Gasteiger partial charge on any atom is -0.398 e. The van der Waals surface area contributed by atoms with Crippen LogP contribution in [-0.2, 0) is 7.05 Å². The van der Waals surface area contributed by atoms with Crippen LogP contribution in [0.2, 0.25) is 0 Å². The van der Waals surface area contributed by atoms with Crippen LogP contribution in [0.1, 0.15) is 28.1 Å². The maximum absolute atomic E-state index is 15.0. The van der Waals surface area contributed by atoms with Gasteiger partial charge in [0, 0.05) is 24.2 Å². The molecule has 0 aliphatic heterocycles. The standard InChI is InChI=1S/C27H20F2N4O/c1-16-25(19-10-8-17(15-30)9-11-19)33(2)26(32-27(16)34)23(21-13-12-20(28)14-22(21)29)24(31)18-6-4-3-5-7-18/h3-14H,31H2,1-2H3. The lowest BCUT2D eigenvalue weighted by atomic mass is 9.97. The van der Waals surface area contributed by atoms with Crippen molar-refractivity contribution in [3.63, 3.8) is 0 Å². The molecule has 4 aromatic rings. The molecule has 1 heterocycles. The van der Waals surface area contributed by atoms with Gasteiger partial charge in [0.1, 0.15) is 17.5 Å². The predicted molar refractivity (Wildman–Crippen MR) is 127 cm³/mol. The number of hydrogen-bond acceptors (Lipinski definition) is 4. The van der Waals surface area contributed by atoms with Gasteiger partial charge in [0.05, 0.1) is 28.6 Å². The zero-order valence-corrected chi connectivity index (χ0v) is 18.5. The monoisotopic (exact) mass is 454 g/mol. The topological polar surface area (TPSA) is 84.7 Å². The molecule has 2 N–H and O–H groups in total. The predicted octanol–water partition coefficient (Wildman–Crippen LogP) is 4.78. The Morgan fingerprint density at radius 3 is 2.32 bits per heavy atom. The van der Waals surface area contributed by atoms with Crippen molar-refractivity contribution in [3.8, 4) is 17.3 Å². The Kier molecular flexibility index (Phi) is 6.07. The molecular formula is C27H20F2N4O. The van der Waals surface area contributed by atoms with E-state index in [1.807, 2.05) is 6.07 Å². The Labute approximate surface area is 195 Å². The first-order chi connectivity index (χ1) is 16.3. The first kappa shape index (κ1) is 22.6. The van der Waals surface area contributed by atoms with Crippen LogP contribution >= 0.6 is 0 Å². The highest BCUT2D eigenvalue weighted by Crippen LogP contribution is 2.32. The lowest BCUT2D eigenvalue weighted by molar-refractivity contribution is 0.580. The normalized spacial score (nSPS) is 11.6. The Hall–Kier alpha value is -4.57. The van der Waals surface area contributed by atoms with Gasteiger partial charge in [0.2, 0.25) is 0 Å². The maximum atomic E-state index is 15.0. The van der Waals surface area contributed by atoms with E-state index in [4.69, 9.17) is 11.0 Å². The van der Waals surface area contributed by atoms with Crippen molar-refractivity contribution in [2.75, 3.05) is 0 Å². The molecule has 0 spiro atoms. The van der Waals surface area contributed by atoms with Crippen molar-refractivity contribution in [2.24, 2.45) is 12.8 Å². The van der Waals surface area contributed by atoms with E-state index in [0.717, 1.165) is 12.1 Å². The van der Waals surface area contributed by atoms with E-state index in [0.29, 0.717) is 27.9 Å². The van der Waals surface area contributed by atoms with Gasteiger partial charge >= 0.3 is 0 Å². The number of rotatable bonds is 4. The zero-order chi connectivity index (χ0) is 24.4. The van der Waals surface area contributed by atoms with Crippen LogP contribution in [0.15, 0.2) is 77.6 Å². The highest BCUT2D eigenvalue weighted by molar-refractivity contribution is 5.96. The molecule has 0 radical (unpaired) electrons. The summed E-state index contributed by atoms with van der Waals surface area (Å²) in [5.74, 6) is -1.44. The number of benzene rings is 3. The fraction of sp³-hybridized carbons (Fsp3) is 0.0741. The largest absolute Gasteiger partial charge is 0.398 e. The summed E-state index contributed by atoms with van der Waals surface area (Å²) in [5, 5.41) is 9.11. The summed E-state index contributed by atoms with van der Waals surface area (Å²) in [4.78, 5) is 17.2. The number of nitrogens with two attached hydrogens (primary N) is 1. The highest BCUT2D eigenvalue weighted by Gasteiger charge is 2.23. The molecule has 0 aliphatic carbocycles. The lowest BCUT2D eigenvalue weighted by Gasteiger charge is -2.20. The molecule has 3 aromatic carbocycles. The van der Waals surface area contributed by atoms with E-state index in [1.165, 1.54) is 6.07 Å². The highest BCUT2D eigenvalue weighted by atomic mass is 19.1. The summed E-state index contributed by atoms with van der Waals surface area (Å²) in [5.41, 5.74) is 9.05. The van der Waals surface area contributed by atoms with E-state index in [1.54, 1.807) is 67.1 Å². The summed E-state index contributed by atoms with van der Waals surface area (Å²) < 4.78 is 30.4. The van der Waals surface area contributed by atoms with E-state index < -0.39 is 17.2 Å². The fourth-order valence-electron chi connectivity index (χ4n) is 3.89. The van der Waals surface area contributed by atoms with Crippen molar-refractivity contribution < 1.29 is 8.78 Å². The third-order valence-corrected chi connectivity index (χ3v) is 5.60. The van der Waals surface area contributed by atoms with E-state index in [-0.39, 0.29) is 22.7 Å². The van der Waals surface area contributed by atoms with Crippen LogP contribution in [0.25, 0.3) is 22.5 Å². The smallest absolute Gasteiger partial charge is 0.276 e. The van der Waals surface area contributed by atoms with Crippen LogP contribution in [0.3, 0.4) is 0 Å². The minimum absolute atomic E-state index is 0.0138. The number of aromatic nitrogens is 2. The molecule has 0 aliphatic rings. The van der Waals surface area contributed by atoms with E-state index in [9.17, 15) is 9.18 Å². The molecule has 0 unspecified atom stereocenters. The summed E-state index contributed by atoms with van der Waals surface area (Å²) in [6.45, 7) is 1.65. The van der Waals surface area contributed by atoms with Crippen molar-refractivity contribution in [3.05, 3.63) is 123 Å². The molecular weight excluding hydrogens is 434 g/mol. The molecule has 0 amide bonds. The van der Waals surface area contributed by atoms with Gasteiger partial charge < -0.3 is 10.3 Å². The van der Waals surface area contributed by atoms with Gasteiger partial charge in [-0.05, 0) is 42.3 Å². The minimum atomic E-state index is -0.830. The molecule has 0 atom stereocenters. The molecule has 4 rings (SSSR count). The first-order valence-corrected chi connectivity index (χ1v) is 10.4. The van der Waals surface area contributed by atoms with Gasteiger partial charge in [0.25, 0.3) is 5.56 Å². The Morgan fingerprint density at radius 1 is 1.03 bits per heavy atom. The second-order valence-electron chi connectivity index (χ2n) is 7.74. The average molecular weight is 454 g/mol. The second-order valence-corrected chi connectivity index (χ2v) is 7.74. The third kappa shape index (κ3) is 4.09. The Bertz CT molecular complexity index is 1520. The van der Waals surface area contributed by atoms with Gasteiger partial charge in [-0.25, -0.2) is 8.78 Å². The van der Waals surface area contributed by atoms with Gasteiger partial charge in [-0.3, -0.25) is 4.79 Å². The SMILES string of the molecule is Cc1c(-c2ccc(C#N)cc2)n(C)c(C(=C(N)c2ccccc2)c2ccc(F)cc2F)nc1=O. The number of nitriles is 1. The van der Waals surface area contributed by atoms with Gasteiger partial charge in [-0.1, -0.05) is 42.5 Å². The Morgan fingerprint density at radius 2 is 1.71 bits per heavy atom. The van der Waals surface area contributed by atoms with Crippen LogP contribution in [0.4, 0.5) is 8.78 Å². The molecule has 0 bridgehead atoms. The molecule has 0 saturated carbocycles.